The van der Waals surface area contributed by atoms with Crippen LogP contribution >= 0.6 is 0 Å². The Hall–Kier alpha value is -2.81. The minimum Gasteiger partial charge on any atom is -0.356 e. The third-order valence-corrected chi connectivity index (χ3v) is 6.46. The Morgan fingerprint density at radius 1 is 1.10 bits per heavy atom. The lowest BCUT2D eigenvalue weighted by Gasteiger charge is -2.17. The van der Waals surface area contributed by atoms with Crippen molar-refractivity contribution in [2.75, 3.05) is 23.7 Å². The van der Waals surface area contributed by atoms with Crippen molar-refractivity contribution in [1.29, 1.82) is 0 Å². The van der Waals surface area contributed by atoms with E-state index in [1.54, 1.807) is 18.2 Å². The Labute approximate surface area is 167 Å². The van der Waals surface area contributed by atoms with Gasteiger partial charge in [0, 0.05) is 31.3 Å². The summed E-state index contributed by atoms with van der Waals surface area (Å²) in [6.07, 6.45) is 0.148. The first kappa shape index (κ1) is 20.9. The van der Waals surface area contributed by atoms with Crippen molar-refractivity contribution in [3.8, 4) is 0 Å². The van der Waals surface area contributed by atoms with Crippen molar-refractivity contribution in [2.45, 2.75) is 17.7 Å². The molecule has 154 valence electrons. The fourth-order valence-electron chi connectivity index (χ4n) is 3.19. The van der Waals surface area contributed by atoms with E-state index in [9.17, 15) is 26.8 Å². The van der Waals surface area contributed by atoms with Crippen molar-refractivity contribution in [1.82, 2.24) is 5.32 Å². The van der Waals surface area contributed by atoms with Gasteiger partial charge in [-0.05, 0) is 30.7 Å². The molecule has 0 bridgehead atoms. The lowest BCUT2D eigenvalue weighted by Crippen LogP contribution is -2.34. The van der Waals surface area contributed by atoms with Crippen LogP contribution in [-0.2, 0) is 19.4 Å². The van der Waals surface area contributed by atoms with Crippen molar-refractivity contribution < 1.29 is 26.8 Å². The zero-order valence-electron chi connectivity index (χ0n) is 15.5. The molecule has 0 saturated carbocycles. The van der Waals surface area contributed by atoms with Crippen LogP contribution in [0.4, 0.5) is 14.5 Å². The first-order chi connectivity index (χ1) is 13.8. The summed E-state index contributed by atoms with van der Waals surface area (Å²) in [5.41, 5.74) is 0.0664. The highest BCUT2D eigenvalue weighted by Gasteiger charge is 2.35. The van der Waals surface area contributed by atoms with Crippen LogP contribution in [0.5, 0.6) is 0 Å². The summed E-state index contributed by atoms with van der Waals surface area (Å²) < 4.78 is 51.2. The zero-order chi connectivity index (χ0) is 21.0. The van der Waals surface area contributed by atoms with Gasteiger partial charge in [0.2, 0.25) is 11.8 Å². The Morgan fingerprint density at radius 2 is 1.76 bits per heavy atom. The number of benzene rings is 2. The van der Waals surface area contributed by atoms with Crippen LogP contribution in [0, 0.1) is 17.6 Å². The molecule has 0 aliphatic carbocycles. The van der Waals surface area contributed by atoms with Crippen LogP contribution in [0.25, 0.3) is 0 Å². The van der Waals surface area contributed by atoms with Gasteiger partial charge in [-0.15, -0.1) is 0 Å². The highest BCUT2D eigenvalue weighted by molar-refractivity contribution is 7.91. The van der Waals surface area contributed by atoms with E-state index in [0.717, 1.165) is 12.1 Å². The molecule has 1 heterocycles. The molecule has 6 nitrogen and oxygen atoms in total. The first-order valence-corrected chi connectivity index (χ1v) is 10.7. The molecule has 2 aromatic rings. The van der Waals surface area contributed by atoms with Gasteiger partial charge in [-0.3, -0.25) is 9.59 Å². The molecule has 1 unspecified atom stereocenters. The second-order valence-electron chi connectivity index (χ2n) is 6.81. The van der Waals surface area contributed by atoms with Crippen molar-refractivity contribution in [3.05, 3.63) is 60.2 Å². The summed E-state index contributed by atoms with van der Waals surface area (Å²) >= 11 is 0. The van der Waals surface area contributed by atoms with E-state index in [4.69, 9.17) is 0 Å². The molecule has 0 spiro atoms. The lowest BCUT2D eigenvalue weighted by atomic mass is 10.1. The summed E-state index contributed by atoms with van der Waals surface area (Å²) in [7, 11) is -3.42. The van der Waals surface area contributed by atoms with Gasteiger partial charge >= 0.3 is 0 Å². The number of hydrogen-bond donors (Lipinski definition) is 1. The monoisotopic (exact) mass is 422 g/mol. The average Bonchev–Trinajstić information content (AvgIpc) is 3.07. The summed E-state index contributed by atoms with van der Waals surface area (Å²) in [6.45, 7) is 0.153. The molecule has 2 aromatic carbocycles. The van der Waals surface area contributed by atoms with Gasteiger partial charge in [0.1, 0.15) is 11.6 Å². The van der Waals surface area contributed by atoms with Crippen LogP contribution < -0.4 is 10.2 Å². The molecule has 1 fully saturated rings. The number of nitrogens with zero attached hydrogens (tertiary/aromatic N) is 1. The first-order valence-electron chi connectivity index (χ1n) is 9.08. The van der Waals surface area contributed by atoms with Crippen molar-refractivity contribution >= 4 is 27.3 Å². The van der Waals surface area contributed by atoms with E-state index < -0.39 is 39.2 Å². The van der Waals surface area contributed by atoms with Crippen LogP contribution in [0.3, 0.4) is 0 Å². The van der Waals surface area contributed by atoms with Gasteiger partial charge in [-0.25, -0.2) is 17.2 Å². The van der Waals surface area contributed by atoms with Gasteiger partial charge in [-0.1, -0.05) is 18.2 Å². The average molecular weight is 422 g/mol. The number of hydrogen-bond acceptors (Lipinski definition) is 4. The summed E-state index contributed by atoms with van der Waals surface area (Å²) in [4.78, 5) is 25.9. The Morgan fingerprint density at radius 3 is 2.41 bits per heavy atom. The van der Waals surface area contributed by atoms with Crippen LogP contribution in [0.15, 0.2) is 53.4 Å². The quantitative estimate of drug-likeness (QED) is 0.694. The number of nitrogens with one attached hydrogen (secondary N) is 1. The molecule has 1 aliphatic heterocycles. The van der Waals surface area contributed by atoms with Crippen LogP contribution in [0.1, 0.15) is 12.8 Å². The maximum absolute atomic E-state index is 13.4. The van der Waals surface area contributed by atoms with E-state index >= 15 is 0 Å². The smallest absolute Gasteiger partial charge is 0.227 e. The van der Waals surface area contributed by atoms with Gasteiger partial charge < -0.3 is 10.2 Å². The number of carbonyl (C=O) groups is 2. The summed E-state index contributed by atoms with van der Waals surface area (Å²) in [5.74, 6) is -3.19. The van der Waals surface area contributed by atoms with Crippen molar-refractivity contribution in [2.24, 2.45) is 5.92 Å². The lowest BCUT2D eigenvalue weighted by molar-refractivity contribution is -0.126. The van der Waals surface area contributed by atoms with Gasteiger partial charge in [0.05, 0.1) is 16.6 Å². The molecule has 2 amide bonds. The van der Waals surface area contributed by atoms with E-state index in [0.29, 0.717) is 6.07 Å². The van der Waals surface area contributed by atoms with E-state index in [1.807, 2.05) is 0 Å². The summed E-state index contributed by atoms with van der Waals surface area (Å²) in [5, 5.41) is 2.63. The van der Waals surface area contributed by atoms with Gasteiger partial charge in [-0.2, -0.15) is 0 Å². The Bertz CT molecular complexity index is 992. The molecule has 29 heavy (non-hydrogen) atoms. The SMILES string of the molecule is O=C(NCCCS(=O)(=O)c1ccccc1)C1CC(=O)N(c2cc(F)cc(F)c2)C1. The molecule has 0 aromatic heterocycles. The molecule has 1 atom stereocenters. The second kappa shape index (κ2) is 8.69. The number of anilines is 1. The topological polar surface area (TPSA) is 83.5 Å². The van der Waals surface area contributed by atoms with Crippen LogP contribution in [0.2, 0.25) is 0 Å². The third-order valence-electron chi connectivity index (χ3n) is 4.65. The molecule has 1 saturated heterocycles. The van der Waals surface area contributed by atoms with Crippen LogP contribution in [-0.4, -0.2) is 39.1 Å². The number of amides is 2. The fourth-order valence-corrected chi connectivity index (χ4v) is 4.52. The Kier molecular flexibility index (Phi) is 6.26. The normalized spacial score (nSPS) is 16.8. The third kappa shape index (κ3) is 5.17. The molecule has 0 radical (unpaired) electrons. The zero-order valence-corrected chi connectivity index (χ0v) is 16.3. The minimum absolute atomic E-state index is 0.00980. The Balaban J connectivity index is 1.51. The number of halogens is 2. The standard InChI is InChI=1S/C20H20F2N2O4S/c21-15-10-16(22)12-17(11-15)24-13-14(9-19(24)25)20(26)23-7-4-8-29(27,28)18-5-2-1-3-6-18/h1-3,5-6,10-12,14H,4,7-9,13H2,(H,23,26). The highest BCUT2D eigenvalue weighted by Crippen LogP contribution is 2.26. The van der Waals surface area contributed by atoms with E-state index in [1.165, 1.54) is 17.0 Å². The predicted molar refractivity (Wildman–Crippen MR) is 103 cm³/mol. The predicted octanol–water partition coefficient (Wildman–Crippen LogP) is 2.30. The minimum atomic E-state index is -3.42. The summed E-state index contributed by atoms with van der Waals surface area (Å²) in [6, 6.07) is 10.8. The van der Waals surface area contributed by atoms with Crippen molar-refractivity contribution in [3.63, 3.8) is 0 Å². The largest absolute Gasteiger partial charge is 0.356 e. The van der Waals surface area contributed by atoms with E-state index in [2.05, 4.69) is 5.32 Å². The fraction of sp³-hybridized carbons (Fsp3) is 0.300. The van der Waals surface area contributed by atoms with E-state index in [-0.39, 0.29) is 42.3 Å². The maximum atomic E-state index is 13.4. The second-order valence-corrected chi connectivity index (χ2v) is 8.92. The molecular formula is C20H20F2N2O4S. The molecule has 3 rings (SSSR count). The molecular weight excluding hydrogens is 402 g/mol. The number of carbonyl (C=O) groups excluding carboxylic acids is 2. The molecule has 9 heteroatoms. The number of sulfone groups is 1. The molecule has 1 N–H and O–H groups in total. The molecule has 1 aliphatic rings. The van der Waals surface area contributed by atoms with Gasteiger partial charge in [0.25, 0.3) is 0 Å². The van der Waals surface area contributed by atoms with Gasteiger partial charge in [0.15, 0.2) is 9.84 Å². The highest BCUT2D eigenvalue weighted by atomic mass is 32.2. The number of rotatable bonds is 7. The maximum Gasteiger partial charge on any atom is 0.227 e.